The lowest BCUT2D eigenvalue weighted by atomic mass is 9.98. The monoisotopic (exact) mass is 415 g/mol. The fourth-order valence-electron chi connectivity index (χ4n) is 4.29. The van der Waals surface area contributed by atoms with E-state index in [1.54, 1.807) is 19.2 Å². The van der Waals surface area contributed by atoms with Crippen LogP contribution < -0.4 is 9.64 Å². The van der Waals surface area contributed by atoms with E-state index in [1.165, 1.54) is 6.07 Å². The zero-order chi connectivity index (χ0) is 20.4. The average Bonchev–Trinajstić information content (AvgIpc) is 3.11. The molecular formula is C21H23ClFN5O. The number of aromatic nitrogens is 2. The third-order valence-corrected chi connectivity index (χ3v) is 5.81. The molecule has 0 spiro atoms. The number of methoxy groups -OCH3 is 1. The van der Waals surface area contributed by atoms with Gasteiger partial charge < -0.3 is 14.5 Å². The van der Waals surface area contributed by atoms with Gasteiger partial charge in [-0.1, -0.05) is 6.07 Å². The average molecular weight is 416 g/mol. The van der Waals surface area contributed by atoms with Gasteiger partial charge in [-0.2, -0.15) is 0 Å². The number of piperidine rings is 1. The fourth-order valence-corrected chi connectivity index (χ4v) is 4.47. The van der Waals surface area contributed by atoms with Crippen LogP contribution in [0, 0.1) is 18.3 Å². The summed E-state index contributed by atoms with van der Waals surface area (Å²) in [5, 5.41) is 0.233. The van der Waals surface area contributed by atoms with Crippen LogP contribution in [0.15, 0.2) is 18.2 Å². The van der Waals surface area contributed by atoms with Crippen molar-refractivity contribution in [3.63, 3.8) is 0 Å². The van der Waals surface area contributed by atoms with Crippen LogP contribution in [0.25, 0.3) is 4.85 Å². The summed E-state index contributed by atoms with van der Waals surface area (Å²) in [6.07, 6.45) is 2.10. The molecule has 0 amide bonds. The molecule has 2 aromatic rings. The number of benzene rings is 1. The minimum Gasteiger partial charge on any atom is -0.496 e. The van der Waals surface area contributed by atoms with Crippen LogP contribution in [-0.4, -0.2) is 41.6 Å². The minimum absolute atomic E-state index is 0.233. The number of fused-ring (bicyclic) bond motifs is 1. The Balaban J connectivity index is 1.57. The molecule has 3 heterocycles. The molecule has 6 nitrogen and oxygen atoms in total. The van der Waals surface area contributed by atoms with Crippen molar-refractivity contribution in [3.05, 3.63) is 57.5 Å². The number of halogens is 2. The van der Waals surface area contributed by atoms with Crippen molar-refractivity contribution < 1.29 is 9.13 Å². The van der Waals surface area contributed by atoms with Crippen molar-refractivity contribution in [3.8, 4) is 5.75 Å². The summed E-state index contributed by atoms with van der Waals surface area (Å²) in [5.74, 6) is 1.48. The Morgan fingerprint density at radius 1 is 1.34 bits per heavy atom. The third kappa shape index (κ3) is 4.14. The molecule has 4 rings (SSSR count). The van der Waals surface area contributed by atoms with Crippen molar-refractivity contribution in [2.45, 2.75) is 32.5 Å². The second-order valence-corrected chi connectivity index (χ2v) is 7.94. The number of hydrogen-bond acceptors (Lipinski definition) is 5. The second-order valence-electron chi connectivity index (χ2n) is 7.60. The van der Waals surface area contributed by atoms with Gasteiger partial charge in [0.1, 0.15) is 17.4 Å². The van der Waals surface area contributed by atoms with Gasteiger partial charge in [0, 0.05) is 49.8 Å². The maximum Gasteiger partial charge on any atom is 0.224 e. The van der Waals surface area contributed by atoms with Crippen LogP contribution in [0.2, 0.25) is 5.28 Å². The molecule has 0 aliphatic carbocycles. The first-order valence-corrected chi connectivity index (χ1v) is 10.1. The van der Waals surface area contributed by atoms with Crippen molar-refractivity contribution in [2.75, 3.05) is 31.6 Å². The summed E-state index contributed by atoms with van der Waals surface area (Å²) in [4.78, 5) is 16.9. The molecule has 0 saturated carbocycles. The van der Waals surface area contributed by atoms with Gasteiger partial charge >= 0.3 is 0 Å². The van der Waals surface area contributed by atoms with Crippen LogP contribution in [-0.2, 0) is 19.6 Å². The SMILES string of the molecule is [C-]#[N+]C[C@@H]1CCCN(c2nc(Cl)nc3c2CN(Cc2c(F)cccc2OC)C3)C1. The Morgan fingerprint density at radius 2 is 2.21 bits per heavy atom. The van der Waals surface area contributed by atoms with Gasteiger partial charge in [0.25, 0.3) is 0 Å². The van der Waals surface area contributed by atoms with Crippen LogP contribution in [0.3, 0.4) is 0 Å². The van der Waals surface area contributed by atoms with Gasteiger partial charge in [0.15, 0.2) is 0 Å². The molecular weight excluding hydrogens is 393 g/mol. The van der Waals surface area contributed by atoms with E-state index in [-0.39, 0.29) is 11.1 Å². The zero-order valence-corrected chi connectivity index (χ0v) is 17.1. The third-order valence-electron chi connectivity index (χ3n) is 5.64. The summed E-state index contributed by atoms with van der Waals surface area (Å²) in [6, 6.07) is 4.87. The van der Waals surface area contributed by atoms with E-state index in [0.717, 1.165) is 43.0 Å². The highest BCUT2D eigenvalue weighted by molar-refractivity contribution is 6.28. The van der Waals surface area contributed by atoms with E-state index in [0.29, 0.717) is 43.4 Å². The lowest BCUT2D eigenvalue weighted by Gasteiger charge is -2.32. The molecule has 152 valence electrons. The van der Waals surface area contributed by atoms with E-state index in [9.17, 15) is 4.39 Å². The summed E-state index contributed by atoms with van der Waals surface area (Å²) in [7, 11) is 1.55. The highest BCUT2D eigenvalue weighted by atomic mass is 35.5. The first-order chi connectivity index (χ1) is 14.1. The molecule has 29 heavy (non-hydrogen) atoms. The lowest BCUT2D eigenvalue weighted by Crippen LogP contribution is -2.37. The maximum atomic E-state index is 14.4. The minimum atomic E-state index is -0.275. The molecule has 8 heteroatoms. The predicted molar refractivity (Wildman–Crippen MR) is 109 cm³/mol. The van der Waals surface area contributed by atoms with Crippen LogP contribution in [0.4, 0.5) is 10.2 Å². The molecule has 0 bridgehead atoms. The van der Waals surface area contributed by atoms with E-state index in [4.69, 9.17) is 22.9 Å². The maximum absolute atomic E-state index is 14.4. The molecule has 2 aliphatic heterocycles. The number of anilines is 1. The normalized spacial score (nSPS) is 19.1. The number of rotatable bonds is 5. The molecule has 1 aromatic carbocycles. The standard InChI is InChI=1S/C21H23ClFN5O/c1-24-9-14-5-4-8-28(10-14)20-16-12-27(13-18(16)25-21(22)26-20)11-15-17(23)6-3-7-19(15)29-2/h3,6-7,14H,4-5,8-13H2,2H3/t14-/m0/s1. The molecule has 1 atom stereocenters. The molecule has 1 fully saturated rings. The fraction of sp³-hybridized carbons (Fsp3) is 0.476. The van der Waals surface area contributed by atoms with E-state index in [1.807, 2.05) is 0 Å². The highest BCUT2D eigenvalue weighted by Crippen LogP contribution is 2.34. The van der Waals surface area contributed by atoms with Gasteiger partial charge in [-0.05, 0) is 36.6 Å². The van der Waals surface area contributed by atoms with Crippen molar-refractivity contribution >= 4 is 17.4 Å². The van der Waals surface area contributed by atoms with Gasteiger partial charge in [-0.3, -0.25) is 4.90 Å². The van der Waals surface area contributed by atoms with Gasteiger partial charge in [0.05, 0.1) is 12.8 Å². The van der Waals surface area contributed by atoms with E-state index in [2.05, 4.69) is 24.6 Å². The van der Waals surface area contributed by atoms with Crippen molar-refractivity contribution in [1.29, 1.82) is 0 Å². The summed E-state index contributed by atoms with van der Waals surface area (Å²) in [6.45, 7) is 11.0. The molecule has 1 saturated heterocycles. The van der Waals surface area contributed by atoms with Gasteiger partial charge in [-0.25, -0.2) is 20.9 Å². The zero-order valence-electron chi connectivity index (χ0n) is 16.4. The van der Waals surface area contributed by atoms with E-state index >= 15 is 0 Å². The summed E-state index contributed by atoms with van der Waals surface area (Å²) in [5.41, 5.74) is 2.48. The topological polar surface area (TPSA) is 45.9 Å². The lowest BCUT2D eigenvalue weighted by molar-refractivity contribution is 0.263. The first kappa shape index (κ1) is 19.9. The highest BCUT2D eigenvalue weighted by Gasteiger charge is 2.31. The predicted octanol–water partition coefficient (Wildman–Crippen LogP) is 3.93. The molecule has 2 aliphatic rings. The molecule has 0 radical (unpaired) electrons. The van der Waals surface area contributed by atoms with E-state index < -0.39 is 0 Å². The van der Waals surface area contributed by atoms with Crippen LogP contribution in [0.1, 0.15) is 29.7 Å². The van der Waals surface area contributed by atoms with Crippen LogP contribution in [0.5, 0.6) is 5.75 Å². The van der Waals surface area contributed by atoms with Gasteiger partial charge in [0.2, 0.25) is 11.8 Å². The quantitative estimate of drug-likeness (QED) is 0.547. The van der Waals surface area contributed by atoms with Crippen molar-refractivity contribution in [2.24, 2.45) is 5.92 Å². The van der Waals surface area contributed by atoms with Crippen molar-refractivity contribution in [1.82, 2.24) is 14.9 Å². The Bertz CT molecular complexity index is 947. The second kappa shape index (κ2) is 8.52. The summed E-state index contributed by atoms with van der Waals surface area (Å²) < 4.78 is 19.7. The Hall–Kier alpha value is -2.43. The number of ether oxygens (including phenoxy) is 1. The largest absolute Gasteiger partial charge is 0.496 e. The number of nitrogens with zero attached hydrogens (tertiary/aromatic N) is 5. The smallest absolute Gasteiger partial charge is 0.224 e. The Morgan fingerprint density at radius 3 is 3.00 bits per heavy atom. The van der Waals surface area contributed by atoms with Crippen LogP contribution >= 0.6 is 11.6 Å². The Labute approximate surface area is 175 Å². The Kier molecular flexibility index (Phi) is 5.84. The molecule has 0 N–H and O–H groups in total. The molecule has 0 unspecified atom stereocenters. The molecule has 1 aromatic heterocycles. The van der Waals surface area contributed by atoms with Gasteiger partial charge in [-0.15, -0.1) is 0 Å². The first-order valence-electron chi connectivity index (χ1n) is 9.76. The number of hydrogen-bond donors (Lipinski definition) is 0. The summed E-state index contributed by atoms with van der Waals surface area (Å²) >= 11 is 6.23.